The number of carbonyl (C=O) groups is 2. The van der Waals surface area contributed by atoms with Crippen molar-refractivity contribution in [3.8, 4) is 5.75 Å². The van der Waals surface area contributed by atoms with Crippen molar-refractivity contribution in [2.24, 2.45) is 0 Å². The normalized spacial score (nSPS) is 11.8. The number of rotatable bonds is 12. The maximum atomic E-state index is 12.0. The second-order valence-corrected chi connectivity index (χ2v) is 6.28. The van der Waals surface area contributed by atoms with Crippen molar-refractivity contribution < 1.29 is 14.3 Å². The number of anilines is 1. The van der Waals surface area contributed by atoms with Gasteiger partial charge in [0.2, 0.25) is 5.24 Å². The van der Waals surface area contributed by atoms with E-state index >= 15 is 0 Å². The molecule has 1 aromatic rings. The molecule has 0 bridgehead atoms. The number of para-hydroxylation sites is 1. The number of halogens is 1. The summed E-state index contributed by atoms with van der Waals surface area (Å²) in [7, 11) is 0. The molecule has 1 rings (SSSR count). The molecule has 0 amide bonds. The van der Waals surface area contributed by atoms with E-state index in [4.69, 9.17) is 16.3 Å². The minimum atomic E-state index is -0.522. The molecule has 0 saturated heterocycles. The first kappa shape index (κ1) is 20.5. The molecule has 0 fully saturated rings. The largest absolute Gasteiger partial charge is 0.491 e. The maximum Gasteiger partial charge on any atom is 0.244 e. The summed E-state index contributed by atoms with van der Waals surface area (Å²) in [6.07, 6.45) is 5.25. The molecule has 1 unspecified atom stereocenters. The van der Waals surface area contributed by atoms with Crippen molar-refractivity contribution in [2.45, 2.75) is 58.9 Å². The summed E-state index contributed by atoms with van der Waals surface area (Å²) in [5, 5.41) is -0.437. The Morgan fingerprint density at radius 1 is 1.29 bits per heavy atom. The first-order valence-corrected chi connectivity index (χ1v) is 9.06. The van der Waals surface area contributed by atoms with E-state index < -0.39 is 11.3 Å². The van der Waals surface area contributed by atoms with Gasteiger partial charge in [-0.2, -0.15) is 0 Å². The second-order valence-electron chi connectivity index (χ2n) is 5.90. The van der Waals surface area contributed by atoms with Crippen molar-refractivity contribution in [3.05, 3.63) is 23.8 Å². The number of aldehydes is 1. The molecule has 0 aliphatic heterocycles. The topological polar surface area (TPSA) is 46.6 Å². The molecule has 0 saturated carbocycles. The lowest BCUT2D eigenvalue weighted by atomic mass is 10.1. The Kier molecular flexibility index (Phi) is 9.46. The van der Waals surface area contributed by atoms with Gasteiger partial charge in [-0.15, -0.1) is 0 Å². The van der Waals surface area contributed by atoms with Crippen molar-refractivity contribution in [3.63, 3.8) is 0 Å². The number of hydrogen-bond acceptors (Lipinski definition) is 4. The van der Waals surface area contributed by atoms with Gasteiger partial charge in [-0.05, 0) is 43.0 Å². The SMILES string of the molecule is CCCCOc1cccc(C)c1N(CC=O)C(CCCC)C(=O)Cl. The number of nitrogens with zero attached hydrogens (tertiary/aromatic N) is 1. The van der Waals surface area contributed by atoms with Crippen LogP contribution in [0.5, 0.6) is 5.75 Å². The predicted molar refractivity (Wildman–Crippen MR) is 99.2 cm³/mol. The van der Waals surface area contributed by atoms with E-state index in [1.807, 2.05) is 25.1 Å². The van der Waals surface area contributed by atoms with Gasteiger partial charge in [0, 0.05) is 0 Å². The Morgan fingerprint density at radius 3 is 2.58 bits per heavy atom. The molecule has 1 aromatic carbocycles. The average molecular weight is 354 g/mol. The van der Waals surface area contributed by atoms with Crippen LogP contribution in [0.3, 0.4) is 0 Å². The van der Waals surface area contributed by atoms with Gasteiger partial charge in [0.1, 0.15) is 18.1 Å². The number of unbranched alkanes of at least 4 members (excludes halogenated alkanes) is 2. The molecular weight excluding hydrogens is 326 g/mol. The van der Waals surface area contributed by atoms with Crippen molar-refractivity contribution in [1.82, 2.24) is 0 Å². The van der Waals surface area contributed by atoms with E-state index in [-0.39, 0.29) is 6.54 Å². The molecule has 0 heterocycles. The Balaban J connectivity index is 3.21. The standard InChI is InChI=1S/C19H28ClNO3/c1-4-6-10-16(19(20)23)21(12-13-22)18-15(3)9-8-11-17(18)24-14-7-5-2/h8-9,11,13,16H,4-7,10,12,14H2,1-3H3. The van der Waals surface area contributed by atoms with Crippen molar-refractivity contribution in [1.29, 1.82) is 0 Å². The van der Waals surface area contributed by atoms with Crippen LogP contribution in [0.25, 0.3) is 0 Å². The van der Waals surface area contributed by atoms with E-state index in [0.717, 1.165) is 43.2 Å². The smallest absolute Gasteiger partial charge is 0.244 e. The molecule has 0 aliphatic rings. The highest BCUT2D eigenvalue weighted by Crippen LogP contribution is 2.34. The summed E-state index contributed by atoms with van der Waals surface area (Å²) in [5.41, 5.74) is 1.75. The zero-order chi connectivity index (χ0) is 17.9. The molecular formula is C19H28ClNO3. The van der Waals surface area contributed by atoms with Crippen LogP contribution in [0.2, 0.25) is 0 Å². The molecule has 4 nitrogen and oxygen atoms in total. The van der Waals surface area contributed by atoms with Gasteiger partial charge in [-0.1, -0.05) is 45.2 Å². The van der Waals surface area contributed by atoms with Crippen LogP contribution in [-0.2, 0) is 9.59 Å². The third-order valence-electron chi connectivity index (χ3n) is 3.98. The molecule has 0 spiro atoms. The van der Waals surface area contributed by atoms with Crippen LogP contribution < -0.4 is 9.64 Å². The minimum Gasteiger partial charge on any atom is -0.491 e. The van der Waals surface area contributed by atoms with E-state index in [2.05, 4.69) is 13.8 Å². The van der Waals surface area contributed by atoms with Crippen LogP contribution in [-0.4, -0.2) is 30.7 Å². The molecule has 0 N–H and O–H groups in total. The Bertz CT molecular complexity index is 533. The number of ether oxygens (including phenoxy) is 1. The Labute approximate surface area is 150 Å². The number of carbonyl (C=O) groups excluding carboxylic acids is 2. The first-order valence-electron chi connectivity index (χ1n) is 8.68. The van der Waals surface area contributed by atoms with Crippen molar-refractivity contribution in [2.75, 3.05) is 18.1 Å². The highest BCUT2D eigenvalue weighted by Gasteiger charge is 2.27. The zero-order valence-electron chi connectivity index (χ0n) is 14.9. The van der Waals surface area contributed by atoms with Gasteiger partial charge in [-0.25, -0.2) is 0 Å². The van der Waals surface area contributed by atoms with E-state index in [9.17, 15) is 9.59 Å². The third-order valence-corrected chi connectivity index (χ3v) is 4.24. The van der Waals surface area contributed by atoms with Gasteiger partial charge < -0.3 is 14.4 Å². The highest BCUT2D eigenvalue weighted by molar-refractivity contribution is 6.65. The van der Waals surface area contributed by atoms with Crippen LogP contribution in [0.4, 0.5) is 5.69 Å². The summed E-state index contributed by atoms with van der Waals surface area (Å²) in [4.78, 5) is 25.0. The van der Waals surface area contributed by atoms with Gasteiger partial charge in [0.05, 0.1) is 18.8 Å². The quantitative estimate of drug-likeness (QED) is 0.315. The van der Waals surface area contributed by atoms with Crippen LogP contribution >= 0.6 is 11.6 Å². The maximum absolute atomic E-state index is 12.0. The summed E-state index contributed by atoms with van der Waals surface area (Å²) in [6.45, 7) is 6.84. The molecule has 24 heavy (non-hydrogen) atoms. The number of benzene rings is 1. The van der Waals surface area contributed by atoms with Gasteiger partial charge in [-0.3, -0.25) is 4.79 Å². The van der Waals surface area contributed by atoms with Crippen LogP contribution in [0, 0.1) is 6.92 Å². The lowest BCUT2D eigenvalue weighted by Gasteiger charge is -2.32. The van der Waals surface area contributed by atoms with Crippen LogP contribution in [0.1, 0.15) is 51.5 Å². The fourth-order valence-electron chi connectivity index (χ4n) is 2.69. The molecule has 134 valence electrons. The van der Waals surface area contributed by atoms with Gasteiger partial charge in [0.15, 0.2) is 0 Å². The molecule has 0 aromatic heterocycles. The average Bonchev–Trinajstić information content (AvgIpc) is 2.54. The lowest BCUT2D eigenvalue weighted by Crippen LogP contribution is -2.41. The fraction of sp³-hybridized carbons (Fsp3) is 0.579. The third kappa shape index (κ3) is 5.82. The summed E-state index contributed by atoms with van der Waals surface area (Å²) < 4.78 is 5.91. The van der Waals surface area contributed by atoms with E-state index in [0.29, 0.717) is 18.8 Å². The van der Waals surface area contributed by atoms with Crippen molar-refractivity contribution >= 4 is 28.8 Å². The summed E-state index contributed by atoms with van der Waals surface area (Å²) in [6, 6.07) is 5.23. The highest BCUT2D eigenvalue weighted by atomic mass is 35.5. The fourth-order valence-corrected chi connectivity index (χ4v) is 2.91. The molecule has 0 aliphatic carbocycles. The van der Waals surface area contributed by atoms with Gasteiger partial charge >= 0.3 is 0 Å². The molecule has 1 atom stereocenters. The zero-order valence-corrected chi connectivity index (χ0v) is 15.6. The second kappa shape index (κ2) is 11.1. The van der Waals surface area contributed by atoms with E-state index in [1.165, 1.54) is 0 Å². The van der Waals surface area contributed by atoms with E-state index in [1.54, 1.807) is 4.90 Å². The lowest BCUT2D eigenvalue weighted by molar-refractivity contribution is -0.113. The first-order chi connectivity index (χ1) is 11.6. The molecule has 5 heteroatoms. The Hall–Kier alpha value is -1.55. The number of aryl methyl sites for hydroxylation is 1. The predicted octanol–water partition coefficient (Wildman–Crippen LogP) is 4.50. The number of hydrogen-bond donors (Lipinski definition) is 0. The Morgan fingerprint density at radius 2 is 2.00 bits per heavy atom. The summed E-state index contributed by atoms with van der Waals surface area (Å²) in [5.74, 6) is 0.699. The summed E-state index contributed by atoms with van der Waals surface area (Å²) >= 11 is 5.85. The molecule has 0 radical (unpaired) electrons. The monoisotopic (exact) mass is 353 g/mol. The van der Waals surface area contributed by atoms with Crippen LogP contribution in [0.15, 0.2) is 18.2 Å². The van der Waals surface area contributed by atoms with Gasteiger partial charge in [0.25, 0.3) is 0 Å². The minimum absolute atomic E-state index is 0.113.